The summed E-state index contributed by atoms with van der Waals surface area (Å²) in [5.41, 5.74) is 0. The van der Waals surface area contributed by atoms with E-state index in [-0.39, 0.29) is 0 Å². The van der Waals surface area contributed by atoms with Crippen LogP contribution in [0.2, 0.25) is 0 Å². The van der Waals surface area contributed by atoms with Crippen molar-refractivity contribution in [1.82, 2.24) is 0 Å². The van der Waals surface area contributed by atoms with Gasteiger partial charge in [0.15, 0.2) is 0 Å². The predicted molar refractivity (Wildman–Crippen MR) is 52.0 cm³/mol. The highest BCUT2D eigenvalue weighted by Gasteiger charge is 2.35. The van der Waals surface area contributed by atoms with Crippen molar-refractivity contribution in [2.24, 2.45) is 0 Å². The Labute approximate surface area is 74.4 Å². The molecular formula is C11H16O. The lowest BCUT2D eigenvalue weighted by atomic mass is 10.2. The molecule has 0 aromatic carbocycles. The zero-order valence-corrected chi connectivity index (χ0v) is 7.57. The molecule has 0 aromatic rings. The van der Waals surface area contributed by atoms with E-state index >= 15 is 0 Å². The normalized spacial score (nSPS) is 28.4. The van der Waals surface area contributed by atoms with E-state index in [9.17, 15) is 0 Å². The molecule has 0 N–H and O–H groups in total. The van der Waals surface area contributed by atoms with Gasteiger partial charge in [-0.1, -0.05) is 43.9 Å². The first kappa shape index (κ1) is 9.27. The first-order valence-corrected chi connectivity index (χ1v) is 4.48. The van der Waals surface area contributed by atoms with Crippen molar-refractivity contribution in [2.45, 2.75) is 32.0 Å². The molecule has 1 saturated heterocycles. The van der Waals surface area contributed by atoms with Gasteiger partial charge in [0.05, 0.1) is 12.2 Å². The van der Waals surface area contributed by atoms with E-state index in [0.717, 1.165) is 12.8 Å². The van der Waals surface area contributed by atoms with Gasteiger partial charge >= 0.3 is 0 Å². The lowest BCUT2D eigenvalue weighted by Crippen LogP contribution is -1.88. The van der Waals surface area contributed by atoms with Gasteiger partial charge in [-0.15, -0.1) is 0 Å². The van der Waals surface area contributed by atoms with Crippen molar-refractivity contribution < 1.29 is 4.74 Å². The highest BCUT2D eigenvalue weighted by molar-refractivity contribution is 5.09. The molecule has 0 spiro atoms. The second kappa shape index (κ2) is 4.94. The van der Waals surface area contributed by atoms with E-state index in [2.05, 4.69) is 19.6 Å². The summed E-state index contributed by atoms with van der Waals surface area (Å²) in [5, 5.41) is 0. The number of ether oxygens (including phenoxy) is 1. The Hall–Kier alpha value is -0.820. The van der Waals surface area contributed by atoms with Gasteiger partial charge in [-0.3, -0.25) is 0 Å². The smallest absolute Gasteiger partial charge is 0.0876 e. The molecule has 66 valence electrons. The van der Waals surface area contributed by atoms with Crippen LogP contribution in [0.4, 0.5) is 0 Å². The molecule has 1 nitrogen and oxygen atoms in total. The van der Waals surface area contributed by atoms with Crippen LogP contribution in [0.15, 0.2) is 37.0 Å². The van der Waals surface area contributed by atoms with E-state index in [1.54, 1.807) is 6.08 Å². The Morgan fingerprint density at radius 2 is 2.08 bits per heavy atom. The van der Waals surface area contributed by atoms with Crippen LogP contribution in [0.3, 0.4) is 0 Å². The molecule has 0 saturated carbocycles. The predicted octanol–water partition coefficient (Wildman–Crippen LogP) is 2.85. The third-order valence-electron chi connectivity index (χ3n) is 1.95. The summed E-state index contributed by atoms with van der Waals surface area (Å²) in [4.78, 5) is 0. The van der Waals surface area contributed by atoms with E-state index in [0.29, 0.717) is 12.2 Å². The minimum Gasteiger partial charge on any atom is -0.369 e. The summed E-state index contributed by atoms with van der Waals surface area (Å²) in [7, 11) is 0. The quantitative estimate of drug-likeness (QED) is 0.449. The summed E-state index contributed by atoms with van der Waals surface area (Å²) < 4.78 is 5.38. The van der Waals surface area contributed by atoms with E-state index in [1.807, 2.05) is 18.2 Å². The highest BCUT2D eigenvalue weighted by Crippen LogP contribution is 2.27. The van der Waals surface area contributed by atoms with Gasteiger partial charge in [-0.05, 0) is 12.8 Å². The first-order chi connectivity index (χ1) is 5.88. The van der Waals surface area contributed by atoms with E-state index in [1.165, 1.54) is 0 Å². The van der Waals surface area contributed by atoms with Crippen LogP contribution >= 0.6 is 0 Å². The fourth-order valence-corrected chi connectivity index (χ4v) is 1.18. The molecule has 2 unspecified atom stereocenters. The molecule has 0 radical (unpaired) electrons. The molecule has 1 aliphatic rings. The molecule has 1 fully saturated rings. The SMILES string of the molecule is C=C/C=C/C=C/CC1OC1CC. The number of hydrogen-bond acceptors (Lipinski definition) is 1. The molecule has 1 heteroatoms. The maximum Gasteiger partial charge on any atom is 0.0876 e. The Morgan fingerprint density at radius 3 is 2.67 bits per heavy atom. The van der Waals surface area contributed by atoms with Crippen LogP contribution in [-0.2, 0) is 4.74 Å². The number of hydrogen-bond donors (Lipinski definition) is 0. The molecule has 12 heavy (non-hydrogen) atoms. The van der Waals surface area contributed by atoms with Gasteiger partial charge in [-0.2, -0.15) is 0 Å². The maximum absolute atomic E-state index is 5.38. The average Bonchev–Trinajstić information content (AvgIpc) is 2.83. The number of rotatable bonds is 5. The monoisotopic (exact) mass is 164 g/mol. The Balaban J connectivity index is 2.06. The van der Waals surface area contributed by atoms with E-state index < -0.39 is 0 Å². The third kappa shape index (κ3) is 3.05. The van der Waals surface area contributed by atoms with Crippen LogP contribution < -0.4 is 0 Å². The largest absolute Gasteiger partial charge is 0.369 e. The number of epoxide rings is 1. The number of allylic oxidation sites excluding steroid dienone is 4. The van der Waals surface area contributed by atoms with Gasteiger partial charge in [0.1, 0.15) is 0 Å². The molecule has 1 aliphatic heterocycles. The fraction of sp³-hybridized carbons (Fsp3) is 0.455. The minimum atomic E-state index is 0.489. The van der Waals surface area contributed by atoms with Crippen molar-refractivity contribution in [2.75, 3.05) is 0 Å². The van der Waals surface area contributed by atoms with Crippen molar-refractivity contribution in [3.8, 4) is 0 Å². The second-order valence-corrected chi connectivity index (χ2v) is 2.91. The van der Waals surface area contributed by atoms with Crippen molar-refractivity contribution in [3.05, 3.63) is 37.0 Å². The molecule has 0 aliphatic carbocycles. The van der Waals surface area contributed by atoms with Gasteiger partial charge in [0.2, 0.25) is 0 Å². The Kier molecular flexibility index (Phi) is 3.81. The van der Waals surface area contributed by atoms with Gasteiger partial charge < -0.3 is 4.74 Å². The summed E-state index contributed by atoms with van der Waals surface area (Å²) in [5.74, 6) is 0. The molecular weight excluding hydrogens is 148 g/mol. The maximum atomic E-state index is 5.38. The summed E-state index contributed by atoms with van der Waals surface area (Å²) >= 11 is 0. The lowest BCUT2D eigenvalue weighted by molar-refractivity contribution is 0.367. The summed E-state index contributed by atoms with van der Waals surface area (Å²) in [6.07, 6.45) is 13.0. The van der Waals surface area contributed by atoms with Gasteiger partial charge in [-0.25, -0.2) is 0 Å². The van der Waals surface area contributed by atoms with E-state index in [4.69, 9.17) is 4.74 Å². The molecule has 0 aromatic heterocycles. The Morgan fingerprint density at radius 1 is 1.25 bits per heavy atom. The van der Waals surface area contributed by atoms with Crippen LogP contribution in [0.1, 0.15) is 19.8 Å². The molecule has 1 heterocycles. The minimum absolute atomic E-state index is 0.489. The summed E-state index contributed by atoms with van der Waals surface area (Å²) in [6.45, 7) is 5.74. The first-order valence-electron chi connectivity index (χ1n) is 4.48. The third-order valence-corrected chi connectivity index (χ3v) is 1.95. The standard InChI is InChI=1S/C11H16O/c1-3-5-6-7-8-9-11-10(4-2)12-11/h3,5-8,10-11H,1,4,9H2,2H3/b6-5+,8-7+. The Bertz CT molecular complexity index is 191. The summed E-state index contributed by atoms with van der Waals surface area (Å²) in [6, 6.07) is 0. The molecule has 2 atom stereocenters. The molecule has 1 rings (SSSR count). The van der Waals surface area contributed by atoms with Crippen molar-refractivity contribution >= 4 is 0 Å². The topological polar surface area (TPSA) is 12.5 Å². The molecule has 0 bridgehead atoms. The fourth-order valence-electron chi connectivity index (χ4n) is 1.18. The van der Waals surface area contributed by atoms with Crippen LogP contribution in [-0.4, -0.2) is 12.2 Å². The zero-order valence-electron chi connectivity index (χ0n) is 7.57. The van der Waals surface area contributed by atoms with Crippen LogP contribution in [0.5, 0.6) is 0 Å². The van der Waals surface area contributed by atoms with Crippen LogP contribution in [0, 0.1) is 0 Å². The second-order valence-electron chi connectivity index (χ2n) is 2.91. The van der Waals surface area contributed by atoms with Crippen LogP contribution in [0.25, 0.3) is 0 Å². The van der Waals surface area contributed by atoms with Crippen molar-refractivity contribution in [3.63, 3.8) is 0 Å². The van der Waals surface area contributed by atoms with Gasteiger partial charge in [0, 0.05) is 0 Å². The lowest BCUT2D eigenvalue weighted by Gasteiger charge is -1.82. The highest BCUT2D eigenvalue weighted by atomic mass is 16.6. The average molecular weight is 164 g/mol. The molecule has 0 amide bonds. The van der Waals surface area contributed by atoms with Gasteiger partial charge in [0.25, 0.3) is 0 Å². The zero-order chi connectivity index (χ0) is 8.81. The van der Waals surface area contributed by atoms with Crippen molar-refractivity contribution in [1.29, 1.82) is 0 Å².